The summed E-state index contributed by atoms with van der Waals surface area (Å²) < 4.78 is 15.5. The van der Waals surface area contributed by atoms with Crippen molar-refractivity contribution < 1.29 is 18.9 Å². The third-order valence-corrected chi connectivity index (χ3v) is 4.12. The van der Waals surface area contributed by atoms with Crippen molar-refractivity contribution in [1.82, 2.24) is 10.1 Å². The summed E-state index contributed by atoms with van der Waals surface area (Å²) in [6.07, 6.45) is 1.30. The van der Waals surface area contributed by atoms with E-state index < -0.39 is 4.92 Å². The maximum Gasteiger partial charge on any atom is 0.280 e. The van der Waals surface area contributed by atoms with Gasteiger partial charge >= 0.3 is 0 Å². The van der Waals surface area contributed by atoms with E-state index in [0.717, 1.165) is 11.1 Å². The molecule has 0 spiro atoms. The highest BCUT2D eigenvalue weighted by atomic mass is 16.6. The van der Waals surface area contributed by atoms with E-state index in [4.69, 9.17) is 14.0 Å². The molecule has 146 valence electrons. The van der Waals surface area contributed by atoms with Gasteiger partial charge in [0.05, 0.1) is 30.8 Å². The molecule has 0 atom stereocenters. The molecule has 0 unspecified atom stereocenters. The molecule has 0 bridgehead atoms. The lowest BCUT2D eigenvalue weighted by Crippen LogP contribution is -1.97. The van der Waals surface area contributed by atoms with Gasteiger partial charge in [0.1, 0.15) is 11.6 Å². The molecule has 0 N–H and O–H groups in total. The number of hydrogen-bond donors (Lipinski definition) is 0. The van der Waals surface area contributed by atoms with E-state index in [9.17, 15) is 15.4 Å². The van der Waals surface area contributed by atoms with E-state index in [2.05, 4.69) is 10.1 Å². The molecule has 3 aromatic rings. The summed E-state index contributed by atoms with van der Waals surface area (Å²) in [5.74, 6) is 0.747. The van der Waals surface area contributed by atoms with E-state index in [1.165, 1.54) is 32.4 Å². The number of allylic oxidation sites excluding steroid dienone is 1. The Morgan fingerprint density at radius 1 is 1.21 bits per heavy atom. The Kier molecular flexibility index (Phi) is 5.55. The number of hydrogen-bond acceptors (Lipinski definition) is 8. The average Bonchev–Trinajstić information content (AvgIpc) is 3.21. The van der Waals surface area contributed by atoms with Gasteiger partial charge in [-0.3, -0.25) is 10.1 Å². The molecular formula is C20H16N4O5. The number of methoxy groups -OCH3 is 2. The van der Waals surface area contributed by atoms with E-state index in [1.807, 2.05) is 37.3 Å². The van der Waals surface area contributed by atoms with Crippen LogP contribution < -0.4 is 9.47 Å². The Hall–Kier alpha value is -4.19. The highest BCUT2D eigenvalue weighted by molar-refractivity contribution is 5.89. The number of aryl methyl sites for hydroxylation is 1. The number of benzene rings is 2. The van der Waals surface area contributed by atoms with Gasteiger partial charge in [0, 0.05) is 5.56 Å². The molecule has 0 aliphatic heterocycles. The van der Waals surface area contributed by atoms with E-state index in [1.54, 1.807) is 0 Å². The first-order valence-electron chi connectivity index (χ1n) is 8.40. The number of rotatable bonds is 6. The Morgan fingerprint density at radius 3 is 2.45 bits per heavy atom. The van der Waals surface area contributed by atoms with Crippen molar-refractivity contribution in [3.63, 3.8) is 0 Å². The molecule has 0 saturated carbocycles. The second-order valence-corrected chi connectivity index (χ2v) is 5.98. The fourth-order valence-corrected chi connectivity index (χ4v) is 2.61. The third-order valence-electron chi connectivity index (χ3n) is 4.12. The second kappa shape index (κ2) is 8.22. The first-order valence-corrected chi connectivity index (χ1v) is 8.40. The van der Waals surface area contributed by atoms with Gasteiger partial charge in [-0.05, 0) is 19.1 Å². The minimum atomic E-state index is -0.575. The molecule has 3 rings (SSSR count). The van der Waals surface area contributed by atoms with Crippen molar-refractivity contribution in [3.8, 4) is 29.0 Å². The lowest BCUT2D eigenvalue weighted by atomic mass is 10.1. The maximum atomic E-state index is 11.5. The third kappa shape index (κ3) is 4.06. The van der Waals surface area contributed by atoms with Crippen LogP contribution in [-0.4, -0.2) is 29.3 Å². The van der Waals surface area contributed by atoms with Gasteiger partial charge in [0.15, 0.2) is 11.5 Å². The van der Waals surface area contributed by atoms with Crippen molar-refractivity contribution in [3.05, 3.63) is 63.5 Å². The first kappa shape index (κ1) is 19.6. The van der Waals surface area contributed by atoms with Crippen molar-refractivity contribution in [1.29, 1.82) is 5.26 Å². The summed E-state index contributed by atoms with van der Waals surface area (Å²) in [6.45, 7) is 1.96. The van der Waals surface area contributed by atoms with Crippen LogP contribution in [0.25, 0.3) is 23.0 Å². The summed E-state index contributed by atoms with van der Waals surface area (Å²) in [4.78, 5) is 15.1. The first-order chi connectivity index (χ1) is 14.0. The van der Waals surface area contributed by atoms with Crippen LogP contribution in [0.3, 0.4) is 0 Å². The Morgan fingerprint density at radius 2 is 1.86 bits per heavy atom. The van der Waals surface area contributed by atoms with Crippen LogP contribution in [0.5, 0.6) is 11.5 Å². The Bertz CT molecular complexity index is 1130. The SMILES string of the molecule is COc1cc(/C=C(\C#N)c2nc(-c3ccc(C)cc3)no2)c([N+](=O)[O-])cc1OC. The predicted molar refractivity (Wildman–Crippen MR) is 104 cm³/mol. The quantitative estimate of drug-likeness (QED) is 0.350. The minimum Gasteiger partial charge on any atom is -0.493 e. The van der Waals surface area contributed by atoms with E-state index in [0.29, 0.717) is 5.82 Å². The van der Waals surface area contributed by atoms with Crippen LogP contribution in [0, 0.1) is 28.4 Å². The van der Waals surface area contributed by atoms with Crippen LogP contribution >= 0.6 is 0 Å². The standard InChI is InChI=1S/C20H16N4O5/c1-12-4-6-13(7-5-12)19-22-20(29-23-19)15(11-21)8-14-9-17(27-2)18(28-3)10-16(14)24(25)26/h4-10H,1-3H3/b15-8+. The van der Waals surface area contributed by atoms with Crippen LogP contribution in [0.1, 0.15) is 17.0 Å². The molecule has 9 nitrogen and oxygen atoms in total. The molecule has 0 amide bonds. The van der Waals surface area contributed by atoms with Gasteiger partial charge in [-0.1, -0.05) is 35.0 Å². The zero-order valence-electron chi connectivity index (χ0n) is 15.9. The van der Waals surface area contributed by atoms with Gasteiger partial charge in [0.25, 0.3) is 11.6 Å². The van der Waals surface area contributed by atoms with Crippen LogP contribution in [0.4, 0.5) is 5.69 Å². The van der Waals surface area contributed by atoms with Gasteiger partial charge in [-0.2, -0.15) is 10.2 Å². The zero-order chi connectivity index (χ0) is 21.0. The molecule has 0 radical (unpaired) electrons. The van der Waals surface area contributed by atoms with Crippen molar-refractivity contribution in [2.45, 2.75) is 6.92 Å². The van der Waals surface area contributed by atoms with Crippen molar-refractivity contribution >= 4 is 17.3 Å². The molecule has 0 aliphatic rings. The fraction of sp³-hybridized carbons (Fsp3) is 0.150. The molecule has 0 fully saturated rings. The summed E-state index contributed by atoms with van der Waals surface area (Å²) in [5, 5.41) is 24.9. The highest BCUT2D eigenvalue weighted by Gasteiger charge is 2.20. The number of nitro groups is 1. The molecule has 1 aromatic heterocycles. The minimum absolute atomic E-state index is 0.0221. The Balaban J connectivity index is 2.06. The maximum absolute atomic E-state index is 11.5. The summed E-state index contributed by atoms with van der Waals surface area (Å²) in [5.41, 5.74) is 1.66. The normalized spacial score (nSPS) is 11.0. The summed E-state index contributed by atoms with van der Waals surface area (Å²) in [6, 6.07) is 12.0. The predicted octanol–water partition coefficient (Wildman–Crippen LogP) is 4.03. The van der Waals surface area contributed by atoms with Crippen LogP contribution in [0.2, 0.25) is 0 Å². The van der Waals surface area contributed by atoms with E-state index >= 15 is 0 Å². The second-order valence-electron chi connectivity index (χ2n) is 5.98. The van der Waals surface area contributed by atoms with Crippen molar-refractivity contribution in [2.75, 3.05) is 14.2 Å². The number of nitro benzene ring substituents is 1. The fourth-order valence-electron chi connectivity index (χ4n) is 2.61. The molecular weight excluding hydrogens is 376 g/mol. The molecule has 2 aromatic carbocycles. The highest BCUT2D eigenvalue weighted by Crippen LogP contribution is 2.36. The van der Waals surface area contributed by atoms with E-state index in [-0.39, 0.29) is 34.2 Å². The monoisotopic (exact) mass is 392 g/mol. The van der Waals surface area contributed by atoms with Gasteiger partial charge in [-0.15, -0.1) is 0 Å². The number of aromatic nitrogens is 2. The molecule has 0 aliphatic carbocycles. The molecule has 9 heteroatoms. The topological polar surface area (TPSA) is 124 Å². The number of nitriles is 1. The lowest BCUT2D eigenvalue weighted by Gasteiger charge is -2.08. The molecule has 29 heavy (non-hydrogen) atoms. The largest absolute Gasteiger partial charge is 0.493 e. The van der Waals surface area contributed by atoms with Gasteiger partial charge < -0.3 is 14.0 Å². The molecule has 1 heterocycles. The van der Waals surface area contributed by atoms with Crippen molar-refractivity contribution in [2.24, 2.45) is 0 Å². The smallest absolute Gasteiger partial charge is 0.280 e. The molecule has 0 saturated heterocycles. The number of nitrogens with zero attached hydrogens (tertiary/aromatic N) is 4. The van der Waals surface area contributed by atoms with Gasteiger partial charge in [-0.25, -0.2) is 0 Å². The Labute approximate surface area is 166 Å². The lowest BCUT2D eigenvalue weighted by molar-refractivity contribution is -0.385. The summed E-state index contributed by atoms with van der Waals surface area (Å²) >= 11 is 0. The van der Waals surface area contributed by atoms with Crippen LogP contribution in [-0.2, 0) is 0 Å². The average molecular weight is 392 g/mol. The van der Waals surface area contributed by atoms with Gasteiger partial charge in [0.2, 0.25) is 5.82 Å². The van der Waals surface area contributed by atoms with Crippen LogP contribution in [0.15, 0.2) is 40.9 Å². The zero-order valence-corrected chi connectivity index (χ0v) is 15.9. The number of ether oxygens (including phenoxy) is 2. The summed E-state index contributed by atoms with van der Waals surface area (Å²) in [7, 11) is 2.79.